The Morgan fingerprint density at radius 1 is 1.35 bits per heavy atom. The molecule has 1 aliphatic carbocycles. The Hall–Kier alpha value is -0.280. The van der Waals surface area contributed by atoms with E-state index in [4.69, 9.17) is 27.9 Å². The molecule has 0 unspecified atom stereocenters. The van der Waals surface area contributed by atoms with Gasteiger partial charge in [-0.05, 0) is 37.5 Å². The van der Waals surface area contributed by atoms with E-state index in [1.807, 2.05) is 19.1 Å². The van der Waals surface area contributed by atoms with Gasteiger partial charge in [-0.25, -0.2) is 0 Å². The van der Waals surface area contributed by atoms with Crippen molar-refractivity contribution in [2.24, 2.45) is 0 Å². The molecule has 1 aromatic carbocycles. The Kier molecular flexibility index (Phi) is 4.69. The van der Waals surface area contributed by atoms with E-state index in [0.29, 0.717) is 17.2 Å². The van der Waals surface area contributed by atoms with Crippen molar-refractivity contribution in [2.45, 2.75) is 38.5 Å². The molecular weight excluding hydrogens is 257 g/mol. The zero-order valence-corrected chi connectivity index (χ0v) is 11.4. The third-order valence-corrected chi connectivity index (χ3v) is 3.68. The van der Waals surface area contributed by atoms with Gasteiger partial charge in [0.15, 0.2) is 0 Å². The van der Waals surface area contributed by atoms with Crippen LogP contribution < -0.4 is 5.32 Å². The van der Waals surface area contributed by atoms with Crippen molar-refractivity contribution in [1.82, 2.24) is 5.32 Å². The molecule has 0 amide bonds. The number of hydrogen-bond acceptors (Lipinski definition) is 2. The maximum Gasteiger partial charge on any atom is 0.0604 e. The first-order valence-corrected chi connectivity index (χ1v) is 6.73. The third kappa shape index (κ3) is 3.59. The van der Waals surface area contributed by atoms with Crippen LogP contribution in [0.25, 0.3) is 0 Å². The van der Waals surface area contributed by atoms with E-state index in [2.05, 4.69) is 5.32 Å². The van der Waals surface area contributed by atoms with Crippen molar-refractivity contribution in [3.8, 4) is 0 Å². The Morgan fingerprint density at radius 2 is 2.12 bits per heavy atom. The average molecular weight is 274 g/mol. The zero-order valence-electron chi connectivity index (χ0n) is 9.88. The molecule has 0 saturated heterocycles. The number of halogens is 2. The van der Waals surface area contributed by atoms with Gasteiger partial charge in [0.2, 0.25) is 0 Å². The van der Waals surface area contributed by atoms with Crippen LogP contribution in [-0.2, 0) is 11.3 Å². The van der Waals surface area contributed by atoms with Gasteiger partial charge in [0.25, 0.3) is 0 Å². The lowest BCUT2D eigenvalue weighted by molar-refractivity contribution is -0.0102. The quantitative estimate of drug-likeness (QED) is 0.884. The van der Waals surface area contributed by atoms with Gasteiger partial charge >= 0.3 is 0 Å². The molecule has 0 aromatic heterocycles. The first kappa shape index (κ1) is 13.2. The summed E-state index contributed by atoms with van der Waals surface area (Å²) in [5.41, 5.74) is 1.09. The standard InChI is InChI=1S/C13H17Cl2NO/c1-2-17-12-6-11(7-12)16-8-9-3-4-10(14)5-13(9)15/h3-5,11-12,16H,2,6-8H2,1H3. The molecule has 17 heavy (non-hydrogen) atoms. The molecule has 0 heterocycles. The van der Waals surface area contributed by atoms with E-state index in [0.717, 1.165) is 36.6 Å². The highest BCUT2D eigenvalue weighted by atomic mass is 35.5. The molecule has 0 spiro atoms. The van der Waals surface area contributed by atoms with Crippen LogP contribution in [0.15, 0.2) is 18.2 Å². The smallest absolute Gasteiger partial charge is 0.0604 e. The maximum absolute atomic E-state index is 6.10. The largest absolute Gasteiger partial charge is 0.378 e. The van der Waals surface area contributed by atoms with Crippen molar-refractivity contribution in [3.63, 3.8) is 0 Å². The first-order valence-electron chi connectivity index (χ1n) is 5.98. The number of hydrogen-bond donors (Lipinski definition) is 1. The third-order valence-electron chi connectivity index (χ3n) is 3.09. The molecule has 1 fully saturated rings. The summed E-state index contributed by atoms with van der Waals surface area (Å²) in [4.78, 5) is 0. The highest BCUT2D eigenvalue weighted by Crippen LogP contribution is 2.25. The lowest BCUT2D eigenvalue weighted by atomic mass is 9.89. The summed E-state index contributed by atoms with van der Waals surface area (Å²) in [6.07, 6.45) is 2.64. The second-order valence-corrected chi connectivity index (χ2v) is 5.21. The van der Waals surface area contributed by atoms with Crippen LogP contribution in [0.4, 0.5) is 0 Å². The van der Waals surface area contributed by atoms with Gasteiger partial charge in [0, 0.05) is 29.2 Å². The van der Waals surface area contributed by atoms with Gasteiger partial charge in [-0.15, -0.1) is 0 Å². The van der Waals surface area contributed by atoms with Gasteiger partial charge < -0.3 is 10.1 Å². The van der Waals surface area contributed by atoms with E-state index in [9.17, 15) is 0 Å². The molecule has 2 rings (SSSR count). The fourth-order valence-electron chi connectivity index (χ4n) is 2.02. The molecule has 1 aromatic rings. The minimum Gasteiger partial charge on any atom is -0.378 e. The Morgan fingerprint density at radius 3 is 2.76 bits per heavy atom. The van der Waals surface area contributed by atoms with Gasteiger partial charge in [0.05, 0.1) is 6.10 Å². The van der Waals surface area contributed by atoms with Crippen LogP contribution >= 0.6 is 23.2 Å². The fraction of sp³-hybridized carbons (Fsp3) is 0.538. The molecule has 0 bridgehead atoms. The van der Waals surface area contributed by atoms with E-state index in [-0.39, 0.29) is 0 Å². The molecule has 0 atom stereocenters. The summed E-state index contributed by atoms with van der Waals surface area (Å²) < 4.78 is 5.52. The van der Waals surface area contributed by atoms with Crippen molar-refractivity contribution in [3.05, 3.63) is 33.8 Å². The van der Waals surface area contributed by atoms with Gasteiger partial charge in [-0.2, -0.15) is 0 Å². The maximum atomic E-state index is 6.10. The summed E-state index contributed by atoms with van der Waals surface area (Å²) in [7, 11) is 0. The van der Waals surface area contributed by atoms with Crippen molar-refractivity contribution < 1.29 is 4.74 Å². The summed E-state index contributed by atoms with van der Waals surface area (Å²) in [5, 5.41) is 4.88. The van der Waals surface area contributed by atoms with Gasteiger partial charge in [0.1, 0.15) is 0 Å². The normalized spacial score (nSPS) is 23.5. The minimum absolute atomic E-state index is 0.443. The minimum atomic E-state index is 0.443. The molecule has 1 N–H and O–H groups in total. The molecule has 2 nitrogen and oxygen atoms in total. The fourth-order valence-corrected chi connectivity index (χ4v) is 2.50. The Labute approximate surface area is 112 Å². The molecule has 1 aliphatic rings. The van der Waals surface area contributed by atoms with Crippen molar-refractivity contribution in [2.75, 3.05) is 6.61 Å². The number of benzene rings is 1. The molecular formula is C13H17Cl2NO. The topological polar surface area (TPSA) is 21.3 Å². The predicted molar refractivity (Wildman–Crippen MR) is 71.7 cm³/mol. The second-order valence-electron chi connectivity index (χ2n) is 4.36. The van der Waals surface area contributed by atoms with Crippen LogP contribution in [0.1, 0.15) is 25.3 Å². The van der Waals surface area contributed by atoms with E-state index < -0.39 is 0 Å². The van der Waals surface area contributed by atoms with E-state index >= 15 is 0 Å². The number of rotatable bonds is 5. The van der Waals surface area contributed by atoms with Crippen LogP contribution in [-0.4, -0.2) is 18.8 Å². The first-order chi connectivity index (χ1) is 8.19. The van der Waals surface area contributed by atoms with Crippen LogP contribution in [0.5, 0.6) is 0 Å². The lowest BCUT2D eigenvalue weighted by Crippen LogP contribution is -2.45. The Bertz CT molecular complexity index is 378. The molecule has 4 heteroatoms. The average Bonchev–Trinajstić information content (AvgIpc) is 2.23. The molecule has 1 saturated carbocycles. The van der Waals surface area contributed by atoms with Crippen molar-refractivity contribution in [1.29, 1.82) is 0 Å². The zero-order chi connectivity index (χ0) is 12.3. The van der Waals surface area contributed by atoms with Gasteiger partial charge in [-0.3, -0.25) is 0 Å². The van der Waals surface area contributed by atoms with E-state index in [1.54, 1.807) is 6.07 Å². The monoisotopic (exact) mass is 273 g/mol. The highest BCUT2D eigenvalue weighted by molar-refractivity contribution is 6.35. The lowest BCUT2D eigenvalue weighted by Gasteiger charge is -2.35. The van der Waals surface area contributed by atoms with Gasteiger partial charge in [-0.1, -0.05) is 29.3 Å². The molecule has 94 valence electrons. The molecule has 0 aliphatic heterocycles. The van der Waals surface area contributed by atoms with E-state index in [1.165, 1.54) is 0 Å². The van der Waals surface area contributed by atoms with Crippen LogP contribution in [0, 0.1) is 0 Å². The summed E-state index contributed by atoms with van der Waals surface area (Å²) in [5.74, 6) is 0. The van der Waals surface area contributed by atoms with Crippen molar-refractivity contribution >= 4 is 23.2 Å². The van der Waals surface area contributed by atoms with Crippen LogP contribution in [0.2, 0.25) is 10.0 Å². The Balaban J connectivity index is 1.76. The highest BCUT2D eigenvalue weighted by Gasteiger charge is 2.28. The number of nitrogens with one attached hydrogen (secondary N) is 1. The SMILES string of the molecule is CCOC1CC(NCc2ccc(Cl)cc2Cl)C1. The summed E-state index contributed by atoms with van der Waals surface area (Å²) in [6, 6.07) is 6.17. The second kappa shape index (κ2) is 6.05. The predicted octanol–water partition coefficient (Wildman–Crippen LogP) is 3.65. The summed E-state index contributed by atoms with van der Waals surface area (Å²) >= 11 is 12.0. The summed E-state index contributed by atoms with van der Waals surface area (Å²) in [6.45, 7) is 3.63. The van der Waals surface area contributed by atoms with Crippen LogP contribution in [0.3, 0.4) is 0 Å². The molecule has 0 radical (unpaired) electrons. The number of ether oxygens (including phenoxy) is 1.